The fraction of sp³-hybridized carbons (Fsp3) is 0.349. The molecule has 11 nitrogen and oxygen atoms in total. The van der Waals surface area contributed by atoms with Crippen LogP contribution in [0.1, 0.15) is 62.2 Å². The SMILES string of the molecule is C[C@@H]1C(OC(=O)c2ccccc2)[C@H](Br)OC(COC(=O)c2ccccc2)[C@H]1O[C@@H]1OC(COC(=O)c2ccccc2)[C@H](C)[C@H](C)C1OC(=O)c1ccccc1. The van der Waals surface area contributed by atoms with Crippen molar-refractivity contribution in [2.45, 2.75) is 62.6 Å². The van der Waals surface area contributed by atoms with Crippen LogP contribution in [0.5, 0.6) is 0 Å². The van der Waals surface area contributed by atoms with Crippen LogP contribution in [0, 0.1) is 17.8 Å². The fourth-order valence-corrected chi connectivity index (χ4v) is 7.50. The van der Waals surface area contributed by atoms with Crippen molar-refractivity contribution in [1.82, 2.24) is 0 Å². The number of carbonyl (C=O) groups is 4. The Morgan fingerprint density at radius 3 is 1.35 bits per heavy atom. The van der Waals surface area contributed by atoms with Gasteiger partial charge in [0.2, 0.25) is 0 Å². The lowest BCUT2D eigenvalue weighted by molar-refractivity contribution is -0.315. The van der Waals surface area contributed by atoms with Crippen LogP contribution in [0.25, 0.3) is 0 Å². The largest absolute Gasteiger partial charge is 0.459 e. The third-order valence-electron chi connectivity index (χ3n) is 10.0. The maximum Gasteiger partial charge on any atom is 0.338 e. The van der Waals surface area contributed by atoms with Gasteiger partial charge in [0.05, 0.1) is 34.5 Å². The minimum atomic E-state index is -1.21. The molecule has 0 aromatic heterocycles. The lowest BCUT2D eigenvalue weighted by atomic mass is 9.83. The molecule has 4 unspecified atom stereocenters. The first-order valence-corrected chi connectivity index (χ1v) is 19.1. The van der Waals surface area contributed by atoms with Crippen molar-refractivity contribution in [3.63, 3.8) is 0 Å². The van der Waals surface area contributed by atoms with E-state index < -0.39 is 71.6 Å². The number of benzene rings is 4. The summed E-state index contributed by atoms with van der Waals surface area (Å²) in [6.45, 7) is 5.34. The number of alkyl halides is 1. The Morgan fingerprint density at radius 1 is 0.491 bits per heavy atom. The van der Waals surface area contributed by atoms with Crippen LogP contribution in [-0.2, 0) is 33.2 Å². The van der Waals surface area contributed by atoms with Gasteiger partial charge in [0, 0.05) is 11.8 Å². The van der Waals surface area contributed by atoms with E-state index in [1.165, 1.54) is 0 Å². The summed E-state index contributed by atoms with van der Waals surface area (Å²) in [4.78, 5) is 52.8. The first-order chi connectivity index (χ1) is 26.6. The predicted octanol–water partition coefficient (Wildman–Crippen LogP) is 7.29. The Labute approximate surface area is 328 Å². The van der Waals surface area contributed by atoms with Gasteiger partial charge in [-0.25, -0.2) is 19.2 Å². The third-order valence-corrected chi connectivity index (χ3v) is 10.8. The maximum absolute atomic E-state index is 13.5. The molecule has 0 bridgehead atoms. The molecule has 12 heteroatoms. The maximum atomic E-state index is 13.5. The summed E-state index contributed by atoms with van der Waals surface area (Å²) in [5, 5.41) is -0.807. The smallest absolute Gasteiger partial charge is 0.338 e. The molecule has 0 aliphatic carbocycles. The Kier molecular flexibility index (Phi) is 13.5. The minimum Gasteiger partial charge on any atom is -0.459 e. The number of hydrogen-bond acceptors (Lipinski definition) is 11. The molecule has 55 heavy (non-hydrogen) atoms. The molecule has 0 saturated carbocycles. The molecule has 6 rings (SSSR count). The van der Waals surface area contributed by atoms with Gasteiger partial charge in [-0.3, -0.25) is 0 Å². The van der Waals surface area contributed by atoms with Crippen LogP contribution in [0.15, 0.2) is 121 Å². The highest BCUT2D eigenvalue weighted by atomic mass is 79.9. The van der Waals surface area contributed by atoms with Crippen molar-refractivity contribution in [2.24, 2.45) is 17.8 Å². The highest BCUT2D eigenvalue weighted by Gasteiger charge is 2.51. The van der Waals surface area contributed by atoms with Crippen molar-refractivity contribution in [1.29, 1.82) is 0 Å². The van der Waals surface area contributed by atoms with Gasteiger partial charge in [0.15, 0.2) is 12.4 Å². The second-order valence-electron chi connectivity index (χ2n) is 13.6. The lowest BCUT2D eigenvalue weighted by Gasteiger charge is -2.48. The summed E-state index contributed by atoms with van der Waals surface area (Å²) >= 11 is 3.55. The van der Waals surface area contributed by atoms with Gasteiger partial charge < -0.3 is 33.2 Å². The number of esters is 4. The zero-order valence-corrected chi connectivity index (χ0v) is 32.2. The molecule has 0 amide bonds. The number of hydrogen-bond donors (Lipinski definition) is 0. The second-order valence-corrected chi connectivity index (χ2v) is 14.6. The molecule has 10 atom stereocenters. The van der Waals surface area contributed by atoms with Crippen molar-refractivity contribution >= 4 is 39.8 Å². The monoisotopic (exact) mass is 814 g/mol. The highest BCUT2D eigenvalue weighted by molar-refractivity contribution is 9.09. The van der Waals surface area contributed by atoms with Crippen molar-refractivity contribution < 1.29 is 52.3 Å². The molecule has 2 saturated heterocycles. The van der Waals surface area contributed by atoms with Crippen LogP contribution >= 0.6 is 15.9 Å². The van der Waals surface area contributed by atoms with E-state index in [2.05, 4.69) is 15.9 Å². The molecular formula is C43H43BrO11. The van der Waals surface area contributed by atoms with Crippen LogP contribution in [0.3, 0.4) is 0 Å². The number of halogens is 1. The average Bonchev–Trinajstić information content (AvgIpc) is 3.22. The van der Waals surface area contributed by atoms with E-state index in [9.17, 15) is 19.2 Å². The van der Waals surface area contributed by atoms with E-state index in [0.717, 1.165) is 0 Å². The van der Waals surface area contributed by atoms with Crippen LogP contribution in [0.4, 0.5) is 0 Å². The Hall–Kier alpha value is -4.88. The van der Waals surface area contributed by atoms with Gasteiger partial charge in [-0.2, -0.15) is 0 Å². The van der Waals surface area contributed by atoms with Crippen molar-refractivity contribution in [2.75, 3.05) is 13.2 Å². The summed E-state index contributed by atoms with van der Waals surface area (Å²) in [5.41, 5.74) is 1.44. The molecule has 4 aromatic rings. The van der Waals surface area contributed by atoms with E-state index in [1.54, 1.807) is 121 Å². The van der Waals surface area contributed by atoms with Crippen LogP contribution in [0.2, 0.25) is 0 Å². The zero-order chi connectivity index (χ0) is 38.9. The third kappa shape index (κ3) is 9.87. The van der Waals surface area contributed by atoms with Gasteiger partial charge in [-0.15, -0.1) is 0 Å². The summed E-state index contributed by atoms with van der Waals surface area (Å²) in [5.74, 6) is -3.41. The molecule has 288 valence electrons. The standard InChI is InChI=1S/C43H43BrO11/c1-26-27(2)37(54-42(48)32-22-14-7-15-23-32)43(52-33(26)24-49-39(45)29-16-8-4-9-17-29)55-35-28(3)36(53-41(47)31-20-12-6-13-21-31)38(44)51-34(35)25-50-40(46)30-18-10-5-11-19-30/h4-23,26-28,33-38,43H,24-25H2,1-3H3/t26-,27+,28+,33?,34?,35+,36?,37?,38-,43+/m1/s1. The second kappa shape index (κ2) is 18.6. The van der Waals surface area contributed by atoms with Gasteiger partial charge in [0.1, 0.15) is 30.4 Å². The molecule has 2 fully saturated rings. The Balaban J connectivity index is 1.28. The first kappa shape index (κ1) is 39.8. The minimum absolute atomic E-state index is 0.103. The molecule has 2 aliphatic rings. The Bertz CT molecular complexity index is 1870. The topological polar surface area (TPSA) is 133 Å². The highest BCUT2D eigenvalue weighted by Crippen LogP contribution is 2.39. The normalized spacial score (nSPS) is 27.6. The molecule has 0 spiro atoms. The summed E-state index contributed by atoms with van der Waals surface area (Å²) in [6, 6.07) is 34.3. The average molecular weight is 816 g/mol. The fourth-order valence-electron chi connectivity index (χ4n) is 6.63. The number of rotatable bonds is 12. The van der Waals surface area contributed by atoms with Gasteiger partial charge in [0.25, 0.3) is 0 Å². The Morgan fingerprint density at radius 2 is 0.891 bits per heavy atom. The number of ether oxygens (including phenoxy) is 7. The molecule has 0 radical (unpaired) electrons. The van der Waals surface area contributed by atoms with Crippen molar-refractivity contribution in [3.05, 3.63) is 144 Å². The first-order valence-electron chi connectivity index (χ1n) is 18.2. The zero-order valence-electron chi connectivity index (χ0n) is 30.6. The molecular weight excluding hydrogens is 772 g/mol. The number of carbonyl (C=O) groups excluding carboxylic acids is 4. The van der Waals surface area contributed by atoms with E-state index in [0.29, 0.717) is 22.3 Å². The molecule has 4 aromatic carbocycles. The van der Waals surface area contributed by atoms with E-state index >= 15 is 0 Å². The van der Waals surface area contributed by atoms with Crippen LogP contribution in [-0.4, -0.2) is 78.9 Å². The molecule has 2 aliphatic heterocycles. The van der Waals surface area contributed by atoms with E-state index in [-0.39, 0.29) is 25.0 Å². The van der Waals surface area contributed by atoms with E-state index in [4.69, 9.17) is 33.2 Å². The molecule has 2 heterocycles. The summed E-state index contributed by atoms with van der Waals surface area (Å²) in [6.07, 6.45) is -5.50. The predicted molar refractivity (Wildman–Crippen MR) is 203 cm³/mol. The lowest BCUT2D eigenvalue weighted by Crippen LogP contribution is -2.60. The summed E-state index contributed by atoms with van der Waals surface area (Å²) in [7, 11) is 0. The van der Waals surface area contributed by atoms with Gasteiger partial charge >= 0.3 is 23.9 Å². The van der Waals surface area contributed by atoms with Crippen LogP contribution < -0.4 is 0 Å². The van der Waals surface area contributed by atoms with E-state index in [1.807, 2.05) is 20.8 Å². The van der Waals surface area contributed by atoms with Gasteiger partial charge in [-0.1, -0.05) is 109 Å². The quantitative estimate of drug-likeness (QED) is 0.0812. The van der Waals surface area contributed by atoms with Gasteiger partial charge in [-0.05, 0) is 54.4 Å². The molecule has 0 N–H and O–H groups in total. The summed E-state index contributed by atoms with van der Waals surface area (Å²) < 4.78 is 43.2. The van der Waals surface area contributed by atoms with Crippen molar-refractivity contribution in [3.8, 4) is 0 Å².